The van der Waals surface area contributed by atoms with Crippen LogP contribution in [-0.2, 0) is 5.54 Å². The minimum Gasteiger partial charge on any atom is -0.361 e. The van der Waals surface area contributed by atoms with Crippen molar-refractivity contribution in [2.45, 2.75) is 45.1 Å². The lowest BCUT2D eigenvalue weighted by molar-refractivity contribution is 0.453. The molecule has 3 nitrogen and oxygen atoms in total. The fourth-order valence-electron chi connectivity index (χ4n) is 5.23. The van der Waals surface area contributed by atoms with Crippen molar-refractivity contribution in [3.8, 4) is 11.1 Å². The van der Waals surface area contributed by atoms with Crippen molar-refractivity contribution in [2.24, 2.45) is 0 Å². The van der Waals surface area contributed by atoms with Crippen LogP contribution in [0.2, 0.25) is 0 Å². The molecule has 1 N–H and O–H groups in total. The number of anilines is 3. The van der Waals surface area contributed by atoms with Crippen molar-refractivity contribution in [2.75, 3.05) is 10.2 Å². The van der Waals surface area contributed by atoms with Crippen LogP contribution in [0, 0.1) is 0 Å². The molecule has 0 saturated carbocycles. The molecule has 0 amide bonds. The Morgan fingerprint density at radius 1 is 0.757 bits per heavy atom. The maximum Gasteiger partial charge on any atom is 0.126 e. The van der Waals surface area contributed by atoms with Crippen molar-refractivity contribution in [3.05, 3.63) is 133 Å². The summed E-state index contributed by atoms with van der Waals surface area (Å²) < 4.78 is 0. The average molecular weight is 486 g/mol. The predicted octanol–water partition coefficient (Wildman–Crippen LogP) is 9.25. The maximum atomic E-state index is 4.84. The van der Waals surface area contributed by atoms with Crippen LogP contribution in [0.25, 0.3) is 11.1 Å². The number of hydrogen-bond acceptors (Lipinski definition) is 3. The number of nitrogens with one attached hydrogen (secondary N) is 1. The van der Waals surface area contributed by atoms with E-state index in [1.165, 1.54) is 28.2 Å². The quantitative estimate of drug-likeness (QED) is 0.256. The molecule has 1 aliphatic rings. The van der Waals surface area contributed by atoms with Crippen LogP contribution < -0.4 is 10.2 Å². The van der Waals surface area contributed by atoms with Gasteiger partial charge in [-0.3, -0.25) is 0 Å². The Kier molecular flexibility index (Phi) is 7.51. The van der Waals surface area contributed by atoms with E-state index in [1.54, 1.807) is 0 Å². The summed E-state index contributed by atoms with van der Waals surface area (Å²) in [5, 5.41) is 3.86. The number of rotatable bonds is 9. The highest BCUT2D eigenvalue weighted by Crippen LogP contribution is 2.42. The first-order valence-corrected chi connectivity index (χ1v) is 13.3. The van der Waals surface area contributed by atoms with E-state index >= 15 is 0 Å². The zero-order valence-corrected chi connectivity index (χ0v) is 21.8. The molecule has 1 heterocycles. The highest BCUT2D eigenvalue weighted by atomic mass is 15.2. The van der Waals surface area contributed by atoms with Crippen molar-refractivity contribution in [1.82, 2.24) is 4.98 Å². The van der Waals surface area contributed by atoms with Crippen LogP contribution in [0.15, 0.2) is 127 Å². The van der Waals surface area contributed by atoms with Gasteiger partial charge in [0.2, 0.25) is 0 Å². The Morgan fingerprint density at radius 3 is 2.11 bits per heavy atom. The molecule has 5 rings (SSSR count). The first-order chi connectivity index (χ1) is 18.2. The number of aromatic nitrogens is 1. The summed E-state index contributed by atoms with van der Waals surface area (Å²) in [6.45, 7) is 4.52. The molecule has 3 aromatic carbocycles. The number of allylic oxidation sites excluding steroid dienone is 3. The van der Waals surface area contributed by atoms with Crippen LogP contribution in [-0.4, -0.2) is 4.98 Å². The third kappa shape index (κ3) is 5.22. The van der Waals surface area contributed by atoms with Gasteiger partial charge in [-0.25, -0.2) is 4.98 Å². The van der Waals surface area contributed by atoms with E-state index in [0.29, 0.717) is 0 Å². The number of benzene rings is 3. The molecule has 4 aromatic rings. The average Bonchev–Trinajstić information content (AvgIpc) is 2.98. The van der Waals surface area contributed by atoms with Crippen molar-refractivity contribution < 1.29 is 0 Å². The van der Waals surface area contributed by atoms with Crippen LogP contribution in [0.4, 0.5) is 17.2 Å². The van der Waals surface area contributed by atoms with Crippen LogP contribution in [0.1, 0.15) is 45.1 Å². The second-order valence-electron chi connectivity index (χ2n) is 9.51. The van der Waals surface area contributed by atoms with Crippen LogP contribution in [0.3, 0.4) is 0 Å². The highest BCUT2D eigenvalue weighted by molar-refractivity contribution is 5.74. The van der Waals surface area contributed by atoms with Gasteiger partial charge in [0.25, 0.3) is 0 Å². The van der Waals surface area contributed by atoms with Gasteiger partial charge in [-0.1, -0.05) is 92.7 Å². The van der Waals surface area contributed by atoms with Gasteiger partial charge in [0.15, 0.2) is 0 Å². The molecule has 0 atom stereocenters. The monoisotopic (exact) mass is 485 g/mol. The summed E-state index contributed by atoms with van der Waals surface area (Å²) in [4.78, 5) is 7.24. The molecule has 0 bridgehead atoms. The number of pyridine rings is 1. The normalized spacial score (nSPS) is 13.2. The maximum absolute atomic E-state index is 4.84. The number of hydrogen-bond donors (Lipinski definition) is 1. The lowest BCUT2D eigenvalue weighted by Crippen LogP contribution is -2.36. The third-order valence-corrected chi connectivity index (χ3v) is 7.35. The van der Waals surface area contributed by atoms with Gasteiger partial charge < -0.3 is 10.2 Å². The summed E-state index contributed by atoms with van der Waals surface area (Å²) in [5.41, 5.74) is 6.88. The Bertz CT molecular complexity index is 1350. The lowest BCUT2D eigenvalue weighted by atomic mass is 9.83. The molecule has 37 heavy (non-hydrogen) atoms. The van der Waals surface area contributed by atoms with Gasteiger partial charge in [-0.2, -0.15) is 0 Å². The molecule has 0 fully saturated rings. The summed E-state index contributed by atoms with van der Waals surface area (Å²) in [7, 11) is 0. The fraction of sp³-hybridized carbons (Fsp3) is 0.206. The van der Waals surface area contributed by atoms with E-state index in [4.69, 9.17) is 4.98 Å². The second-order valence-corrected chi connectivity index (χ2v) is 9.51. The molecule has 0 unspecified atom stereocenters. The largest absolute Gasteiger partial charge is 0.361 e. The Labute approximate surface area is 221 Å². The molecule has 186 valence electrons. The van der Waals surface area contributed by atoms with Gasteiger partial charge >= 0.3 is 0 Å². The third-order valence-electron chi connectivity index (χ3n) is 7.35. The molecule has 1 aromatic heterocycles. The lowest BCUT2D eigenvalue weighted by Gasteiger charge is -2.39. The molecule has 0 saturated heterocycles. The Balaban J connectivity index is 1.55. The van der Waals surface area contributed by atoms with E-state index < -0.39 is 0 Å². The van der Waals surface area contributed by atoms with Gasteiger partial charge in [0.1, 0.15) is 5.82 Å². The molecule has 0 spiro atoms. The van der Waals surface area contributed by atoms with Gasteiger partial charge in [0.05, 0.1) is 11.2 Å². The molecular weight excluding hydrogens is 450 g/mol. The predicted molar refractivity (Wildman–Crippen MR) is 157 cm³/mol. The highest BCUT2D eigenvalue weighted by Gasteiger charge is 2.33. The first kappa shape index (κ1) is 24.6. The molecule has 0 radical (unpaired) electrons. The molecule has 1 aliphatic carbocycles. The molecular formula is C34H35N3. The topological polar surface area (TPSA) is 28.2 Å². The Morgan fingerprint density at radius 2 is 1.46 bits per heavy atom. The summed E-state index contributed by atoms with van der Waals surface area (Å²) >= 11 is 0. The van der Waals surface area contributed by atoms with Crippen molar-refractivity contribution in [3.63, 3.8) is 0 Å². The van der Waals surface area contributed by atoms with Gasteiger partial charge in [-0.15, -0.1) is 0 Å². The molecule has 0 aliphatic heterocycles. The number of nitrogens with zero attached hydrogens (tertiary/aromatic N) is 2. The zero-order chi connectivity index (χ0) is 25.5. The van der Waals surface area contributed by atoms with Gasteiger partial charge in [-0.05, 0) is 67.7 Å². The fourth-order valence-corrected chi connectivity index (χ4v) is 5.23. The SMILES string of the molecule is CCC(CC)(Nc1ccc(-c2ccccc2)cn1)c1ccccc1N(C1=CCCC=C1)c1ccccc1. The van der Waals surface area contributed by atoms with Crippen molar-refractivity contribution in [1.29, 1.82) is 0 Å². The second kappa shape index (κ2) is 11.3. The summed E-state index contributed by atoms with van der Waals surface area (Å²) in [6.07, 6.45) is 12.9. The Hall–Kier alpha value is -4.11. The summed E-state index contributed by atoms with van der Waals surface area (Å²) in [6, 6.07) is 34.2. The van der Waals surface area contributed by atoms with Crippen LogP contribution in [0.5, 0.6) is 0 Å². The molecule has 3 heteroatoms. The van der Waals surface area contributed by atoms with E-state index in [-0.39, 0.29) is 5.54 Å². The smallest absolute Gasteiger partial charge is 0.126 e. The van der Waals surface area contributed by atoms with Crippen LogP contribution >= 0.6 is 0 Å². The van der Waals surface area contributed by atoms with E-state index in [0.717, 1.165) is 37.1 Å². The number of para-hydroxylation sites is 2. The van der Waals surface area contributed by atoms with E-state index in [2.05, 4.69) is 133 Å². The van der Waals surface area contributed by atoms with E-state index in [9.17, 15) is 0 Å². The first-order valence-electron chi connectivity index (χ1n) is 13.3. The van der Waals surface area contributed by atoms with Crippen molar-refractivity contribution >= 4 is 17.2 Å². The van der Waals surface area contributed by atoms with E-state index in [1.807, 2.05) is 12.3 Å². The standard InChI is InChI=1S/C34H35N3/c1-3-34(4-2,36-33-25-24-28(26-35-33)27-16-8-5-9-17-27)31-22-14-15-23-32(31)37(29-18-10-6-11-19-29)30-20-12-7-13-21-30/h5-6,8-12,14-26H,3-4,7,13H2,1-2H3,(H,35,36). The minimum absolute atomic E-state index is 0.274. The minimum atomic E-state index is -0.274. The summed E-state index contributed by atoms with van der Waals surface area (Å²) in [5.74, 6) is 0.890. The zero-order valence-electron chi connectivity index (χ0n) is 21.8. The van der Waals surface area contributed by atoms with Gasteiger partial charge in [0, 0.05) is 28.7 Å².